The highest BCUT2D eigenvalue weighted by Gasteiger charge is 2.37. The van der Waals surface area contributed by atoms with Gasteiger partial charge in [0.25, 0.3) is 5.91 Å². The summed E-state index contributed by atoms with van der Waals surface area (Å²) in [5.41, 5.74) is 2.21. The van der Waals surface area contributed by atoms with Gasteiger partial charge in [-0.1, -0.05) is 6.07 Å². The second-order valence-corrected chi connectivity index (χ2v) is 8.63. The Morgan fingerprint density at radius 3 is 2.59 bits per heavy atom. The van der Waals surface area contributed by atoms with Crippen LogP contribution in [0.1, 0.15) is 48.3 Å². The number of benzene rings is 1. The number of aromatic amines is 1. The van der Waals surface area contributed by atoms with Crippen LogP contribution >= 0.6 is 0 Å². The third-order valence-electron chi connectivity index (χ3n) is 6.47. The number of nitrogens with zero attached hydrogens (tertiary/aromatic N) is 4. The van der Waals surface area contributed by atoms with Crippen molar-refractivity contribution in [2.45, 2.75) is 37.6 Å². The maximum Gasteiger partial charge on any atom is 0.253 e. The lowest BCUT2D eigenvalue weighted by atomic mass is 9.87. The number of hydrogen-bond acceptors (Lipinski definition) is 6. The summed E-state index contributed by atoms with van der Waals surface area (Å²) >= 11 is 0. The van der Waals surface area contributed by atoms with Gasteiger partial charge in [0.05, 0.1) is 5.54 Å². The summed E-state index contributed by atoms with van der Waals surface area (Å²) in [4.78, 5) is 23.9. The van der Waals surface area contributed by atoms with Gasteiger partial charge in [0.2, 0.25) is 0 Å². The third-order valence-corrected chi connectivity index (χ3v) is 6.47. The first kappa shape index (κ1) is 20.6. The predicted molar refractivity (Wildman–Crippen MR) is 123 cm³/mol. The fourth-order valence-electron chi connectivity index (χ4n) is 4.67. The van der Waals surface area contributed by atoms with E-state index < -0.39 is 0 Å². The number of aromatic nitrogens is 4. The molecule has 5 rings (SSSR count). The number of piperidine rings is 2. The van der Waals surface area contributed by atoms with Crippen molar-refractivity contribution in [3.63, 3.8) is 0 Å². The number of hydrogen-bond donors (Lipinski definition) is 3. The molecule has 0 bridgehead atoms. The Morgan fingerprint density at radius 2 is 1.81 bits per heavy atom. The molecule has 1 aromatic carbocycles. The Bertz CT molecular complexity index is 1050. The molecule has 2 aliphatic heterocycles. The minimum atomic E-state index is -0.379. The monoisotopic (exact) mass is 431 g/mol. The van der Waals surface area contributed by atoms with Crippen molar-refractivity contribution >= 4 is 11.6 Å². The van der Waals surface area contributed by atoms with E-state index in [1.165, 1.54) is 6.42 Å². The molecule has 3 N–H and O–H groups in total. The molecule has 0 saturated carbocycles. The fourth-order valence-corrected chi connectivity index (χ4v) is 4.67. The molecule has 2 saturated heterocycles. The molecular formula is C24H29N7O. The second-order valence-electron chi connectivity index (χ2n) is 8.63. The van der Waals surface area contributed by atoms with E-state index in [9.17, 15) is 4.79 Å². The van der Waals surface area contributed by atoms with Gasteiger partial charge in [-0.25, -0.2) is 4.98 Å². The maximum atomic E-state index is 13.0. The molecule has 32 heavy (non-hydrogen) atoms. The standard InChI is InChI=1S/C24H29N7O/c32-22(31-15-2-1-3-16-31)19-5-4-6-20(17-19)28-24(9-13-26-14-10-24)23-27-21(29-30-23)18-7-11-25-12-8-18/h4-8,11-12,17,26,28H,1-3,9-10,13-16H2,(H,27,29,30). The van der Waals surface area contributed by atoms with Crippen molar-refractivity contribution in [1.82, 2.24) is 30.4 Å². The first-order valence-electron chi connectivity index (χ1n) is 11.5. The molecule has 1 amide bonds. The van der Waals surface area contributed by atoms with E-state index in [0.717, 1.165) is 74.5 Å². The van der Waals surface area contributed by atoms with Crippen LogP contribution in [0.5, 0.6) is 0 Å². The van der Waals surface area contributed by atoms with Crippen LogP contribution < -0.4 is 10.6 Å². The lowest BCUT2D eigenvalue weighted by Gasteiger charge is -2.37. The van der Waals surface area contributed by atoms with Gasteiger partial charge >= 0.3 is 0 Å². The van der Waals surface area contributed by atoms with E-state index >= 15 is 0 Å². The fraction of sp³-hybridized carbons (Fsp3) is 0.417. The van der Waals surface area contributed by atoms with Gasteiger partial charge in [-0.05, 0) is 75.5 Å². The van der Waals surface area contributed by atoms with Crippen molar-refractivity contribution in [1.29, 1.82) is 0 Å². The molecule has 0 radical (unpaired) electrons. The Labute approximate surface area is 187 Å². The van der Waals surface area contributed by atoms with Gasteiger partial charge in [0, 0.05) is 42.3 Å². The number of anilines is 1. The minimum Gasteiger partial charge on any atom is -0.373 e. The van der Waals surface area contributed by atoms with Crippen molar-refractivity contribution in [3.8, 4) is 11.4 Å². The second kappa shape index (κ2) is 9.08. The molecule has 4 heterocycles. The summed E-state index contributed by atoms with van der Waals surface area (Å²) in [6.07, 6.45) is 8.60. The number of nitrogens with one attached hydrogen (secondary N) is 3. The molecule has 0 unspecified atom stereocenters. The van der Waals surface area contributed by atoms with Gasteiger partial charge in [-0.15, -0.1) is 0 Å². The van der Waals surface area contributed by atoms with Crippen LogP contribution in [0.25, 0.3) is 11.4 Å². The van der Waals surface area contributed by atoms with Gasteiger partial charge in [0.15, 0.2) is 11.6 Å². The quantitative estimate of drug-likeness (QED) is 0.574. The first-order valence-corrected chi connectivity index (χ1v) is 11.5. The molecule has 2 fully saturated rings. The van der Waals surface area contributed by atoms with E-state index in [2.05, 4.69) is 25.8 Å². The molecular weight excluding hydrogens is 402 g/mol. The van der Waals surface area contributed by atoms with Crippen LogP contribution in [0.15, 0.2) is 48.8 Å². The first-order chi connectivity index (χ1) is 15.7. The molecule has 0 spiro atoms. The molecule has 2 aliphatic rings. The molecule has 2 aromatic heterocycles. The number of H-pyrrole nitrogens is 1. The van der Waals surface area contributed by atoms with Crippen LogP contribution in [-0.4, -0.2) is 57.2 Å². The topological polar surface area (TPSA) is 98.8 Å². The third kappa shape index (κ3) is 4.23. The average Bonchev–Trinajstić information content (AvgIpc) is 3.37. The average molecular weight is 432 g/mol. The van der Waals surface area contributed by atoms with Crippen molar-refractivity contribution in [2.24, 2.45) is 0 Å². The normalized spacial score (nSPS) is 18.3. The highest BCUT2D eigenvalue weighted by Crippen LogP contribution is 2.34. The largest absolute Gasteiger partial charge is 0.373 e. The lowest BCUT2D eigenvalue weighted by Crippen LogP contribution is -2.46. The van der Waals surface area contributed by atoms with Crippen LogP contribution in [0.2, 0.25) is 0 Å². The predicted octanol–water partition coefficient (Wildman–Crippen LogP) is 3.18. The summed E-state index contributed by atoms with van der Waals surface area (Å²) in [6, 6.07) is 11.7. The Balaban J connectivity index is 1.41. The number of carbonyl (C=O) groups is 1. The van der Waals surface area contributed by atoms with Gasteiger partial charge in [-0.2, -0.15) is 5.10 Å². The number of pyridine rings is 1. The number of rotatable bonds is 5. The number of carbonyl (C=O) groups excluding carboxylic acids is 1. The summed E-state index contributed by atoms with van der Waals surface area (Å²) in [6.45, 7) is 3.46. The van der Waals surface area contributed by atoms with Crippen molar-refractivity contribution < 1.29 is 4.79 Å². The Hall–Kier alpha value is -3.26. The zero-order chi connectivity index (χ0) is 21.8. The molecule has 8 heteroatoms. The zero-order valence-electron chi connectivity index (χ0n) is 18.2. The smallest absolute Gasteiger partial charge is 0.253 e. The lowest BCUT2D eigenvalue weighted by molar-refractivity contribution is 0.0724. The molecule has 3 aromatic rings. The van der Waals surface area contributed by atoms with Crippen molar-refractivity contribution in [3.05, 3.63) is 60.2 Å². The van der Waals surface area contributed by atoms with Crippen molar-refractivity contribution in [2.75, 3.05) is 31.5 Å². The van der Waals surface area contributed by atoms with Gasteiger partial charge in [-0.3, -0.25) is 14.9 Å². The Morgan fingerprint density at radius 1 is 1.03 bits per heavy atom. The van der Waals surface area contributed by atoms with E-state index in [1.54, 1.807) is 12.4 Å². The van der Waals surface area contributed by atoms with E-state index in [0.29, 0.717) is 5.82 Å². The summed E-state index contributed by atoms with van der Waals surface area (Å²) < 4.78 is 0. The summed E-state index contributed by atoms with van der Waals surface area (Å²) in [7, 11) is 0. The molecule has 166 valence electrons. The van der Waals surface area contributed by atoms with Gasteiger partial charge in [0.1, 0.15) is 0 Å². The summed E-state index contributed by atoms with van der Waals surface area (Å²) in [5, 5.41) is 14.8. The van der Waals surface area contributed by atoms with Crippen LogP contribution in [-0.2, 0) is 5.54 Å². The highest BCUT2D eigenvalue weighted by molar-refractivity contribution is 5.95. The maximum absolute atomic E-state index is 13.0. The SMILES string of the molecule is O=C(c1cccc(NC2(c3nc(-c4ccncc4)n[nH]3)CCNCC2)c1)N1CCCCC1. The molecule has 8 nitrogen and oxygen atoms in total. The zero-order valence-corrected chi connectivity index (χ0v) is 18.2. The molecule has 0 aliphatic carbocycles. The number of amides is 1. The van der Waals surface area contributed by atoms with Gasteiger partial charge < -0.3 is 15.5 Å². The highest BCUT2D eigenvalue weighted by atomic mass is 16.2. The minimum absolute atomic E-state index is 0.118. The van der Waals surface area contributed by atoms with Crippen LogP contribution in [0, 0.1) is 0 Å². The molecule has 0 atom stereocenters. The van der Waals surface area contributed by atoms with E-state index in [-0.39, 0.29) is 11.4 Å². The Kier molecular flexibility index (Phi) is 5.85. The van der Waals surface area contributed by atoms with E-state index in [1.807, 2.05) is 41.3 Å². The van der Waals surface area contributed by atoms with E-state index in [4.69, 9.17) is 4.98 Å². The number of likely N-dealkylation sites (tertiary alicyclic amines) is 1. The van der Waals surface area contributed by atoms with Crippen LogP contribution in [0.3, 0.4) is 0 Å². The van der Waals surface area contributed by atoms with Crippen LogP contribution in [0.4, 0.5) is 5.69 Å². The summed E-state index contributed by atoms with van der Waals surface area (Å²) in [5.74, 6) is 1.60.